The molecule has 1 aliphatic heterocycles. The van der Waals surface area contributed by atoms with Gasteiger partial charge in [-0.25, -0.2) is 5.48 Å². The van der Waals surface area contributed by atoms with Gasteiger partial charge in [0, 0.05) is 24.2 Å². The lowest BCUT2D eigenvalue weighted by atomic mass is 10.2. The largest absolute Gasteiger partial charge is 0.343 e. The van der Waals surface area contributed by atoms with Crippen LogP contribution in [0.5, 0.6) is 0 Å². The Bertz CT molecular complexity index is 822. The number of nitrogens with zero attached hydrogens (tertiary/aromatic N) is 4. The number of aromatic nitrogens is 1. The zero-order valence-electron chi connectivity index (χ0n) is 14.5. The minimum absolute atomic E-state index is 0.0896. The normalized spacial score (nSPS) is 15.7. The molecule has 2 N–H and O–H groups in total. The van der Waals surface area contributed by atoms with Crippen molar-refractivity contribution in [3.8, 4) is 0 Å². The number of carbonyl (C=O) groups excluding carboxylic acids is 1. The van der Waals surface area contributed by atoms with Crippen molar-refractivity contribution in [1.29, 1.82) is 0 Å². The Hall–Kier alpha value is -2.67. The Morgan fingerprint density at radius 1 is 1.40 bits per heavy atom. The van der Waals surface area contributed by atoms with E-state index in [-0.39, 0.29) is 6.42 Å². The number of para-hydroxylation sites is 1. The predicted octanol–water partition coefficient (Wildman–Crippen LogP) is 3.26. The Labute approximate surface area is 146 Å². The van der Waals surface area contributed by atoms with Gasteiger partial charge < -0.3 is 4.57 Å². The summed E-state index contributed by atoms with van der Waals surface area (Å²) < 4.78 is 2.34. The zero-order valence-corrected chi connectivity index (χ0v) is 14.5. The lowest BCUT2D eigenvalue weighted by molar-refractivity contribution is -0.128. The molecule has 0 fully saturated rings. The Balaban J connectivity index is 1.75. The fourth-order valence-corrected chi connectivity index (χ4v) is 2.99. The number of nitrogens with one attached hydrogen (secondary N) is 1. The summed E-state index contributed by atoms with van der Waals surface area (Å²) in [5, 5.41) is 19.9. The van der Waals surface area contributed by atoms with E-state index in [0.29, 0.717) is 19.0 Å². The van der Waals surface area contributed by atoms with E-state index in [1.165, 1.54) is 16.6 Å². The standard InChI is InChI=1S/C18H23N5O2/c1-13(2)10-23-16(9-14-5-3-4-6-17(14)23)12-22-11-15(19-21-22)7-8-18(24)20-25/h3-7,9,13,25H,8,10-12H2,1-2H3,(H,20,24)/b15-7-. The molecular formula is C18H23N5O2. The molecular weight excluding hydrogens is 318 g/mol. The maximum Gasteiger partial charge on any atom is 0.247 e. The first-order valence-corrected chi connectivity index (χ1v) is 8.42. The number of hydrogen-bond acceptors (Lipinski definition) is 5. The number of hydroxylamine groups is 1. The molecule has 1 aliphatic rings. The molecule has 7 heteroatoms. The van der Waals surface area contributed by atoms with Gasteiger partial charge >= 0.3 is 0 Å². The average molecular weight is 341 g/mol. The highest BCUT2D eigenvalue weighted by Gasteiger charge is 2.17. The van der Waals surface area contributed by atoms with Crippen molar-refractivity contribution in [2.45, 2.75) is 33.4 Å². The number of fused-ring (bicyclic) bond motifs is 1. The van der Waals surface area contributed by atoms with Gasteiger partial charge in [-0.05, 0) is 29.5 Å². The minimum atomic E-state index is -0.460. The van der Waals surface area contributed by atoms with Crippen LogP contribution in [0.15, 0.2) is 52.4 Å². The molecule has 7 nitrogen and oxygen atoms in total. The molecule has 2 heterocycles. The smallest absolute Gasteiger partial charge is 0.247 e. The molecule has 2 aromatic rings. The van der Waals surface area contributed by atoms with Crippen LogP contribution in [0.2, 0.25) is 0 Å². The molecule has 0 aliphatic carbocycles. The van der Waals surface area contributed by atoms with Gasteiger partial charge in [-0.15, -0.1) is 5.11 Å². The van der Waals surface area contributed by atoms with E-state index < -0.39 is 5.91 Å². The summed E-state index contributed by atoms with van der Waals surface area (Å²) in [4.78, 5) is 11.1. The molecule has 0 atom stereocenters. The summed E-state index contributed by atoms with van der Waals surface area (Å²) in [5.41, 5.74) is 4.77. The second-order valence-electron chi connectivity index (χ2n) is 6.65. The second-order valence-corrected chi connectivity index (χ2v) is 6.65. The van der Waals surface area contributed by atoms with E-state index in [2.05, 4.69) is 59.1 Å². The summed E-state index contributed by atoms with van der Waals surface area (Å²) >= 11 is 0. The summed E-state index contributed by atoms with van der Waals surface area (Å²) in [6, 6.07) is 10.6. The quantitative estimate of drug-likeness (QED) is 0.625. The monoisotopic (exact) mass is 341 g/mol. The SMILES string of the molecule is CC(C)Cn1c(CN2C/C(=C/CC(=O)NO)N=N2)cc2ccccc21. The van der Waals surface area contributed by atoms with Gasteiger partial charge in [0.15, 0.2) is 0 Å². The van der Waals surface area contributed by atoms with E-state index in [1.807, 2.05) is 5.01 Å². The maximum absolute atomic E-state index is 11.1. The van der Waals surface area contributed by atoms with Crippen LogP contribution in [0.4, 0.5) is 0 Å². The first kappa shape index (κ1) is 17.2. The van der Waals surface area contributed by atoms with Crippen LogP contribution < -0.4 is 5.48 Å². The third-order valence-corrected chi connectivity index (χ3v) is 4.08. The molecule has 0 saturated heterocycles. The molecule has 1 aromatic heterocycles. The van der Waals surface area contributed by atoms with Crippen LogP contribution in [-0.2, 0) is 17.9 Å². The number of carbonyl (C=O) groups is 1. The predicted molar refractivity (Wildman–Crippen MR) is 94.7 cm³/mol. The van der Waals surface area contributed by atoms with Crippen LogP contribution in [0.3, 0.4) is 0 Å². The first-order chi connectivity index (χ1) is 12.1. The van der Waals surface area contributed by atoms with Crippen molar-refractivity contribution in [3.05, 3.63) is 47.8 Å². The van der Waals surface area contributed by atoms with Crippen LogP contribution in [0.25, 0.3) is 10.9 Å². The highest BCUT2D eigenvalue weighted by atomic mass is 16.5. The van der Waals surface area contributed by atoms with Crippen LogP contribution in [-0.4, -0.2) is 27.2 Å². The van der Waals surface area contributed by atoms with E-state index in [0.717, 1.165) is 12.2 Å². The first-order valence-electron chi connectivity index (χ1n) is 8.42. The Morgan fingerprint density at radius 2 is 2.20 bits per heavy atom. The van der Waals surface area contributed by atoms with Gasteiger partial charge in [0.25, 0.3) is 0 Å². The molecule has 3 rings (SSSR count). The fraction of sp³-hybridized carbons (Fsp3) is 0.389. The highest BCUT2D eigenvalue weighted by molar-refractivity contribution is 5.81. The molecule has 1 amide bonds. The molecule has 1 aromatic carbocycles. The minimum Gasteiger partial charge on any atom is -0.343 e. The van der Waals surface area contributed by atoms with Crippen molar-refractivity contribution in [1.82, 2.24) is 15.1 Å². The number of hydrogen-bond donors (Lipinski definition) is 2. The van der Waals surface area contributed by atoms with Crippen molar-refractivity contribution in [2.24, 2.45) is 16.3 Å². The molecule has 25 heavy (non-hydrogen) atoms. The van der Waals surface area contributed by atoms with E-state index in [9.17, 15) is 4.79 Å². The second kappa shape index (κ2) is 7.48. The Morgan fingerprint density at radius 3 is 2.96 bits per heavy atom. The topological polar surface area (TPSA) is 82.2 Å². The molecule has 0 spiro atoms. The summed E-state index contributed by atoms with van der Waals surface area (Å²) in [6.45, 7) is 6.59. The van der Waals surface area contributed by atoms with E-state index in [4.69, 9.17) is 5.21 Å². The van der Waals surface area contributed by atoms with E-state index >= 15 is 0 Å². The van der Waals surface area contributed by atoms with Crippen LogP contribution in [0, 0.1) is 5.92 Å². The summed E-state index contributed by atoms with van der Waals surface area (Å²) in [5.74, 6) is 0.0837. The summed E-state index contributed by atoms with van der Waals surface area (Å²) in [7, 11) is 0. The van der Waals surface area contributed by atoms with Gasteiger partial charge in [-0.1, -0.05) is 37.3 Å². The van der Waals surface area contributed by atoms with Crippen molar-refractivity contribution < 1.29 is 10.0 Å². The average Bonchev–Trinajstić information content (AvgIpc) is 3.18. The Kier molecular flexibility index (Phi) is 5.14. The summed E-state index contributed by atoms with van der Waals surface area (Å²) in [6.07, 6.45) is 1.77. The molecule has 0 bridgehead atoms. The van der Waals surface area contributed by atoms with Gasteiger partial charge in [0.05, 0.1) is 18.8 Å². The number of amides is 1. The highest BCUT2D eigenvalue weighted by Crippen LogP contribution is 2.24. The van der Waals surface area contributed by atoms with Gasteiger partial charge in [0.1, 0.15) is 0 Å². The third kappa shape index (κ3) is 4.06. The molecule has 0 saturated carbocycles. The zero-order chi connectivity index (χ0) is 17.8. The van der Waals surface area contributed by atoms with Gasteiger partial charge in [0.2, 0.25) is 5.91 Å². The maximum atomic E-state index is 11.1. The van der Waals surface area contributed by atoms with Crippen LogP contribution >= 0.6 is 0 Å². The van der Waals surface area contributed by atoms with Crippen molar-refractivity contribution in [3.63, 3.8) is 0 Å². The van der Waals surface area contributed by atoms with Gasteiger partial charge in [-0.2, -0.15) is 0 Å². The van der Waals surface area contributed by atoms with Crippen molar-refractivity contribution >= 4 is 16.8 Å². The molecule has 0 unspecified atom stereocenters. The fourth-order valence-electron chi connectivity index (χ4n) is 2.99. The number of rotatable bonds is 6. The lowest BCUT2D eigenvalue weighted by Crippen LogP contribution is -2.19. The van der Waals surface area contributed by atoms with Crippen molar-refractivity contribution in [2.75, 3.05) is 6.54 Å². The third-order valence-electron chi connectivity index (χ3n) is 4.08. The van der Waals surface area contributed by atoms with E-state index in [1.54, 1.807) is 11.6 Å². The van der Waals surface area contributed by atoms with Gasteiger partial charge in [-0.3, -0.25) is 15.0 Å². The molecule has 0 radical (unpaired) electrons. The lowest BCUT2D eigenvalue weighted by Gasteiger charge is -2.16. The number of benzene rings is 1. The van der Waals surface area contributed by atoms with Crippen LogP contribution in [0.1, 0.15) is 26.0 Å². The molecule has 132 valence electrons.